The lowest BCUT2D eigenvalue weighted by Crippen LogP contribution is -2.30. The number of rotatable bonds is 6. The molecule has 0 saturated heterocycles. The molecule has 0 saturated carbocycles. The number of nitrogens with zero attached hydrogens (tertiary/aromatic N) is 3. The van der Waals surface area contributed by atoms with Crippen molar-refractivity contribution in [2.75, 3.05) is 0 Å². The van der Waals surface area contributed by atoms with Gasteiger partial charge in [-0.2, -0.15) is 0 Å². The number of primary amides is 1. The van der Waals surface area contributed by atoms with Crippen LogP contribution in [0.25, 0.3) is 11.4 Å². The number of aryl methyl sites for hydroxylation is 1. The summed E-state index contributed by atoms with van der Waals surface area (Å²) >= 11 is 0. The molecule has 1 aromatic heterocycles. The lowest BCUT2D eigenvalue weighted by Gasteiger charge is -2.06. The van der Waals surface area contributed by atoms with Crippen molar-refractivity contribution in [3.05, 3.63) is 76.7 Å². The van der Waals surface area contributed by atoms with Crippen LogP contribution in [-0.4, -0.2) is 20.3 Å². The molecule has 122 valence electrons. The van der Waals surface area contributed by atoms with E-state index in [9.17, 15) is 9.59 Å². The van der Waals surface area contributed by atoms with E-state index in [0.717, 1.165) is 15.8 Å². The topological polar surface area (TPSA) is 82.9 Å². The summed E-state index contributed by atoms with van der Waals surface area (Å²) in [5.74, 6) is -0.0535. The van der Waals surface area contributed by atoms with Gasteiger partial charge in [0.15, 0.2) is 5.82 Å². The van der Waals surface area contributed by atoms with Crippen molar-refractivity contribution in [3.63, 3.8) is 0 Å². The first-order chi connectivity index (χ1) is 11.6. The standard InChI is InChI=1S/C18H18N4O2/c19-16(23)13-22-18(24)21(12-11-14-7-3-1-4-8-14)17(20-22)15-9-5-2-6-10-15/h1-10H,11-13H2,(H2,19,23). The lowest BCUT2D eigenvalue weighted by molar-refractivity contribution is -0.118. The molecule has 0 aliphatic heterocycles. The maximum absolute atomic E-state index is 12.6. The SMILES string of the molecule is NC(=O)Cn1nc(-c2ccccc2)n(CCc2ccccc2)c1=O. The summed E-state index contributed by atoms with van der Waals surface area (Å²) in [4.78, 5) is 23.7. The summed E-state index contributed by atoms with van der Waals surface area (Å²) in [5.41, 5.74) is 6.83. The van der Waals surface area contributed by atoms with Gasteiger partial charge in [-0.05, 0) is 12.0 Å². The van der Waals surface area contributed by atoms with E-state index in [2.05, 4.69) is 5.10 Å². The fourth-order valence-electron chi connectivity index (χ4n) is 2.58. The minimum atomic E-state index is -0.593. The molecule has 0 radical (unpaired) electrons. The second-order valence-electron chi connectivity index (χ2n) is 5.48. The van der Waals surface area contributed by atoms with Gasteiger partial charge in [-0.3, -0.25) is 9.36 Å². The van der Waals surface area contributed by atoms with Crippen molar-refractivity contribution >= 4 is 5.91 Å². The molecule has 0 spiro atoms. The van der Waals surface area contributed by atoms with Crippen molar-refractivity contribution < 1.29 is 4.79 Å². The van der Waals surface area contributed by atoms with Crippen LogP contribution < -0.4 is 11.4 Å². The zero-order chi connectivity index (χ0) is 16.9. The van der Waals surface area contributed by atoms with Crippen LogP contribution in [0.2, 0.25) is 0 Å². The Labute approximate surface area is 139 Å². The summed E-state index contributed by atoms with van der Waals surface area (Å²) in [6.45, 7) is 0.253. The summed E-state index contributed by atoms with van der Waals surface area (Å²) < 4.78 is 2.71. The fourth-order valence-corrected chi connectivity index (χ4v) is 2.58. The smallest absolute Gasteiger partial charge is 0.346 e. The van der Waals surface area contributed by atoms with E-state index < -0.39 is 5.91 Å². The number of nitrogens with two attached hydrogens (primary N) is 1. The average Bonchev–Trinajstić information content (AvgIpc) is 2.90. The van der Waals surface area contributed by atoms with Crippen LogP contribution in [0.3, 0.4) is 0 Å². The molecule has 0 fully saturated rings. The molecule has 0 aliphatic rings. The molecule has 1 amide bonds. The molecule has 24 heavy (non-hydrogen) atoms. The zero-order valence-electron chi connectivity index (χ0n) is 13.1. The lowest BCUT2D eigenvalue weighted by atomic mass is 10.1. The molecular weight excluding hydrogens is 304 g/mol. The predicted octanol–water partition coefficient (Wildman–Crippen LogP) is 1.44. The highest BCUT2D eigenvalue weighted by atomic mass is 16.2. The van der Waals surface area contributed by atoms with Crippen LogP contribution in [0.1, 0.15) is 5.56 Å². The van der Waals surface area contributed by atoms with Gasteiger partial charge in [-0.15, -0.1) is 5.10 Å². The van der Waals surface area contributed by atoms with E-state index in [4.69, 9.17) is 5.73 Å². The highest BCUT2D eigenvalue weighted by Gasteiger charge is 2.15. The number of benzene rings is 2. The summed E-state index contributed by atoms with van der Waals surface area (Å²) in [5, 5.41) is 4.30. The predicted molar refractivity (Wildman–Crippen MR) is 91.3 cm³/mol. The first-order valence-corrected chi connectivity index (χ1v) is 7.70. The quantitative estimate of drug-likeness (QED) is 0.745. The van der Waals surface area contributed by atoms with E-state index >= 15 is 0 Å². The highest BCUT2D eigenvalue weighted by Crippen LogP contribution is 2.15. The van der Waals surface area contributed by atoms with Gasteiger partial charge < -0.3 is 5.73 Å². The molecule has 0 unspecified atom stereocenters. The summed E-state index contributed by atoms with van der Waals surface area (Å²) in [6.07, 6.45) is 0.697. The molecule has 6 nitrogen and oxygen atoms in total. The Hall–Kier alpha value is -3.15. The van der Waals surface area contributed by atoms with Crippen molar-refractivity contribution in [1.82, 2.24) is 14.3 Å². The van der Waals surface area contributed by atoms with Gasteiger partial charge in [0.05, 0.1) is 0 Å². The fraction of sp³-hybridized carbons (Fsp3) is 0.167. The van der Waals surface area contributed by atoms with Gasteiger partial charge in [0, 0.05) is 12.1 Å². The number of aromatic nitrogens is 3. The third kappa shape index (κ3) is 3.43. The van der Waals surface area contributed by atoms with E-state index in [1.54, 1.807) is 4.57 Å². The van der Waals surface area contributed by atoms with E-state index in [-0.39, 0.29) is 12.2 Å². The molecule has 1 heterocycles. The van der Waals surface area contributed by atoms with Gasteiger partial charge in [0.2, 0.25) is 5.91 Å². The summed E-state index contributed by atoms with van der Waals surface area (Å²) in [6, 6.07) is 19.3. The monoisotopic (exact) mass is 322 g/mol. The van der Waals surface area contributed by atoms with Crippen LogP contribution >= 0.6 is 0 Å². The highest BCUT2D eigenvalue weighted by molar-refractivity contribution is 5.73. The molecule has 6 heteroatoms. The van der Waals surface area contributed by atoms with Crippen molar-refractivity contribution in [2.45, 2.75) is 19.5 Å². The summed E-state index contributed by atoms with van der Waals surface area (Å²) in [7, 11) is 0. The minimum Gasteiger partial charge on any atom is -0.368 e. The maximum atomic E-state index is 12.6. The number of carbonyl (C=O) groups is 1. The van der Waals surface area contributed by atoms with Crippen LogP contribution in [-0.2, 0) is 24.3 Å². The van der Waals surface area contributed by atoms with Crippen LogP contribution in [0, 0.1) is 0 Å². The maximum Gasteiger partial charge on any atom is 0.346 e. The molecule has 3 rings (SSSR count). The number of amides is 1. The van der Waals surface area contributed by atoms with Gasteiger partial charge in [-0.1, -0.05) is 60.7 Å². The number of carbonyl (C=O) groups excluding carboxylic acids is 1. The zero-order valence-corrected chi connectivity index (χ0v) is 13.1. The molecule has 2 aromatic carbocycles. The Kier molecular flexibility index (Phi) is 4.56. The second kappa shape index (κ2) is 6.95. The Morgan fingerprint density at radius 3 is 2.25 bits per heavy atom. The molecule has 0 aliphatic carbocycles. The van der Waals surface area contributed by atoms with Gasteiger partial charge in [0.1, 0.15) is 6.54 Å². The number of hydrogen-bond donors (Lipinski definition) is 1. The van der Waals surface area contributed by atoms with E-state index in [1.165, 1.54) is 0 Å². The Bertz CT molecular complexity index is 882. The number of hydrogen-bond acceptors (Lipinski definition) is 3. The minimum absolute atomic E-state index is 0.225. The third-order valence-corrected chi connectivity index (χ3v) is 3.73. The van der Waals surface area contributed by atoms with Crippen LogP contribution in [0.5, 0.6) is 0 Å². The third-order valence-electron chi connectivity index (χ3n) is 3.73. The van der Waals surface area contributed by atoms with Crippen molar-refractivity contribution in [2.24, 2.45) is 5.73 Å². The van der Waals surface area contributed by atoms with Gasteiger partial charge in [-0.25, -0.2) is 9.48 Å². The second-order valence-corrected chi connectivity index (χ2v) is 5.48. The first-order valence-electron chi connectivity index (χ1n) is 7.70. The molecule has 0 atom stereocenters. The average molecular weight is 322 g/mol. The van der Waals surface area contributed by atoms with Crippen molar-refractivity contribution in [3.8, 4) is 11.4 Å². The molecule has 3 aromatic rings. The van der Waals surface area contributed by atoms with Crippen molar-refractivity contribution in [1.29, 1.82) is 0 Å². The largest absolute Gasteiger partial charge is 0.368 e. The normalized spacial score (nSPS) is 10.7. The van der Waals surface area contributed by atoms with Crippen LogP contribution in [0.15, 0.2) is 65.5 Å². The van der Waals surface area contributed by atoms with E-state index in [0.29, 0.717) is 18.8 Å². The van der Waals surface area contributed by atoms with Gasteiger partial charge >= 0.3 is 5.69 Å². The first kappa shape index (κ1) is 15.7. The van der Waals surface area contributed by atoms with E-state index in [1.807, 2.05) is 60.7 Å². The Morgan fingerprint density at radius 1 is 1.00 bits per heavy atom. The molecule has 0 bridgehead atoms. The molecular formula is C18H18N4O2. The Balaban J connectivity index is 1.97. The van der Waals surface area contributed by atoms with Gasteiger partial charge in [0.25, 0.3) is 0 Å². The van der Waals surface area contributed by atoms with Crippen LogP contribution in [0.4, 0.5) is 0 Å². The molecule has 2 N–H and O–H groups in total. The Morgan fingerprint density at radius 2 is 1.62 bits per heavy atom.